The fraction of sp³-hybridized carbons (Fsp3) is 0.333. The molecule has 2 rings (SSSR count). The van der Waals surface area contributed by atoms with Gasteiger partial charge in [0.15, 0.2) is 0 Å². The lowest BCUT2D eigenvalue weighted by atomic mass is 10.5. The molecule has 0 unspecified atom stereocenters. The maximum Gasteiger partial charge on any atom is -0.0106 e. The summed E-state index contributed by atoms with van der Waals surface area (Å²) in [5.74, 6) is 0. The Morgan fingerprint density at radius 3 is 1.90 bits per heavy atom. The van der Waals surface area contributed by atoms with Crippen molar-refractivity contribution in [1.29, 1.82) is 0 Å². The van der Waals surface area contributed by atoms with Crippen molar-refractivity contribution in [3.8, 4) is 11.1 Å². The fourth-order valence-corrected chi connectivity index (χ4v) is 0.991. The van der Waals surface area contributed by atoms with Crippen molar-refractivity contribution in [3.63, 3.8) is 0 Å². The molecule has 0 aromatic heterocycles. The lowest BCUT2D eigenvalue weighted by Crippen LogP contribution is -1.87. The lowest BCUT2D eigenvalue weighted by molar-refractivity contribution is 1.14. The highest BCUT2D eigenvalue weighted by atomic mass is 14.5. The Labute approximate surface area is 61.9 Å². The molecule has 0 spiro atoms. The highest BCUT2D eigenvalue weighted by molar-refractivity contribution is 5.88. The standard InChI is InChI=1S/C7H6.C2H7N/c1-5-6-3-2-4-7(5)6;1-2-3/h2-4H,1H3;2-3H2,1H3. The molecule has 0 radical (unpaired) electrons. The van der Waals surface area contributed by atoms with Gasteiger partial charge in [0, 0.05) is 0 Å². The van der Waals surface area contributed by atoms with E-state index in [1.807, 2.05) is 6.92 Å². The second kappa shape index (κ2) is 2.84. The predicted molar refractivity (Wildman–Crippen MR) is 44.9 cm³/mol. The first-order valence-electron chi connectivity index (χ1n) is 3.61. The van der Waals surface area contributed by atoms with Crippen LogP contribution in [0.2, 0.25) is 0 Å². The number of rotatable bonds is 0. The fourth-order valence-electron chi connectivity index (χ4n) is 0.991. The molecule has 0 amide bonds. The lowest BCUT2D eigenvalue weighted by Gasteiger charge is -1.57. The first-order valence-corrected chi connectivity index (χ1v) is 3.61. The Bertz CT molecular complexity index is 208. The van der Waals surface area contributed by atoms with Crippen molar-refractivity contribution < 1.29 is 0 Å². The van der Waals surface area contributed by atoms with Gasteiger partial charge in [-0.3, -0.25) is 0 Å². The summed E-state index contributed by atoms with van der Waals surface area (Å²) in [6.07, 6.45) is 0. The Morgan fingerprint density at radius 1 is 1.30 bits per heavy atom. The molecule has 2 aliphatic rings. The van der Waals surface area contributed by atoms with Gasteiger partial charge in [-0.05, 0) is 30.2 Å². The van der Waals surface area contributed by atoms with Gasteiger partial charge in [0.1, 0.15) is 0 Å². The molecule has 0 aromatic rings. The highest BCUT2D eigenvalue weighted by Crippen LogP contribution is 2.40. The van der Waals surface area contributed by atoms with E-state index in [0.717, 1.165) is 6.54 Å². The van der Waals surface area contributed by atoms with Crippen LogP contribution in [0.1, 0.15) is 12.5 Å². The van der Waals surface area contributed by atoms with Gasteiger partial charge in [0.2, 0.25) is 0 Å². The largest absolute Gasteiger partial charge is 0.331 e. The van der Waals surface area contributed by atoms with E-state index < -0.39 is 0 Å². The maximum absolute atomic E-state index is 4.85. The van der Waals surface area contributed by atoms with Crippen molar-refractivity contribution in [2.24, 2.45) is 5.73 Å². The molecule has 1 heteroatoms. The second-order valence-corrected chi connectivity index (χ2v) is 2.39. The minimum absolute atomic E-state index is 0.750. The van der Waals surface area contributed by atoms with Crippen LogP contribution in [0, 0.1) is 6.92 Å². The van der Waals surface area contributed by atoms with Crippen LogP contribution in [0.3, 0.4) is 0 Å². The molecule has 0 aromatic carbocycles. The van der Waals surface area contributed by atoms with E-state index >= 15 is 0 Å². The molecule has 0 aliphatic heterocycles. The van der Waals surface area contributed by atoms with Crippen LogP contribution in [0.5, 0.6) is 0 Å². The van der Waals surface area contributed by atoms with Crippen molar-refractivity contribution in [3.05, 3.63) is 23.8 Å². The number of hydrogen-bond acceptors (Lipinski definition) is 1. The number of benzene rings is 1. The summed E-state index contributed by atoms with van der Waals surface area (Å²) in [4.78, 5) is 0. The third-order valence-electron chi connectivity index (χ3n) is 1.56. The molecule has 1 nitrogen and oxygen atoms in total. The van der Waals surface area contributed by atoms with Gasteiger partial charge in [-0.25, -0.2) is 0 Å². The number of fused-ring (bicyclic) bond motifs is 1. The highest BCUT2D eigenvalue weighted by Gasteiger charge is 2.17. The van der Waals surface area contributed by atoms with E-state index in [1.54, 1.807) is 0 Å². The first-order chi connectivity index (χ1) is 4.81. The van der Waals surface area contributed by atoms with E-state index in [-0.39, 0.29) is 0 Å². The first kappa shape index (κ1) is 7.29. The van der Waals surface area contributed by atoms with Crippen molar-refractivity contribution in [2.45, 2.75) is 13.8 Å². The van der Waals surface area contributed by atoms with Crippen LogP contribution in [-0.2, 0) is 0 Å². The molecule has 0 saturated heterocycles. The van der Waals surface area contributed by atoms with Crippen LogP contribution in [0.25, 0.3) is 11.1 Å². The van der Waals surface area contributed by atoms with Crippen molar-refractivity contribution in [1.82, 2.24) is 0 Å². The number of aryl methyl sites for hydroxylation is 1. The minimum Gasteiger partial charge on any atom is -0.331 e. The van der Waals surface area contributed by atoms with Gasteiger partial charge >= 0.3 is 0 Å². The summed E-state index contributed by atoms with van der Waals surface area (Å²) in [7, 11) is 0. The SMILES string of the molecule is CCN.Cc1c2cccc1-2. The average molecular weight is 135 g/mol. The third-order valence-corrected chi connectivity index (χ3v) is 1.56. The zero-order chi connectivity index (χ0) is 7.56. The summed E-state index contributed by atoms with van der Waals surface area (Å²) in [5.41, 5.74) is 9.28. The van der Waals surface area contributed by atoms with Crippen LogP contribution in [0.15, 0.2) is 18.2 Å². The number of nitrogens with two attached hydrogens (primary N) is 1. The van der Waals surface area contributed by atoms with Crippen molar-refractivity contribution >= 4 is 0 Å². The molecular formula is C9H13N. The van der Waals surface area contributed by atoms with Crippen LogP contribution >= 0.6 is 0 Å². The summed E-state index contributed by atoms with van der Waals surface area (Å²) >= 11 is 0. The van der Waals surface area contributed by atoms with E-state index in [9.17, 15) is 0 Å². The van der Waals surface area contributed by atoms with E-state index in [0.29, 0.717) is 0 Å². The Balaban J connectivity index is 0.000000148. The molecule has 2 N–H and O–H groups in total. The summed E-state index contributed by atoms with van der Waals surface area (Å²) < 4.78 is 0. The smallest absolute Gasteiger partial charge is 0.0106 e. The molecule has 2 aliphatic carbocycles. The summed E-state index contributed by atoms with van der Waals surface area (Å²) in [5, 5.41) is 0. The zero-order valence-corrected chi connectivity index (χ0v) is 6.52. The topological polar surface area (TPSA) is 26.0 Å². The molecule has 10 heavy (non-hydrogen) atoms. The van der Waals surface area contributed by atoms with Gasteiger partial charge in [0.05, 0.1) is 0 Å². The predicted octanol–water partition coefficient (Wildman–Crippen LogP) is 1.94. The summed E-state index contributed by atoms with van der Waals surface area (Å²) in [6, 6.07) is 6.41. The van der Waals surface area contributed by atoms with Crippen LogP contribution in [0.4, 0.5) is 0 Å². The normalized spacial score (nSPS) is 9.90. The molecule has 0 saturated carbocycles. The van der Waals surface area contributed by atoms with Gasteiger partial charge in [0.25, 0.3) is 0 Å². The molecule has 0 atom stereocenters. The van der Waals surface area contributed by atoms with E-state index in [4.69, 9.17) is 5.73 Å². The summed E-state index contributed by atoms with van der Waals surface area (Å²) in [6.45, 7) is 4.81. The minimum atomic E-state index is 0.750. The number of hydrogen-bond donors (Lipinski definition) is 1. The third kappa shape index (κ3) is 1.19. The molecule has 0 heterocycles. The average Bonchev–Trinajstić information content (AvgIpc) is 2.41. The quantitative estimate of drug-likeness (QED) is 0.587. The Morgan fingerprint density at radius 2 is 1.70 bits per heavy atom. The van der Waals surface area contributed by atoms with Gasteiger partial charge in [-0.2, -0.15) is 0 Å². The van der Waals surface area contributed by atoms with Gasteiger partial charge in [-0.1, -0.05) is 25.1 Å². The molecule has 0 bridgehead atoms. The molecule has 0 fully saturated rings. The van der Waals surface area contributed by atoms with Gasteiger partial charge < -0.3 is 5.73 Å². The maximum atomic E-state index is 4.85. The molecule has 54 valence electrons. The monoisotopic (exact) mass is 135 g/mol. The van der Waals surface area contributed by atoms with Gasteiger partial charge in [-0.15, -0.1) is 0 Å². The molecular weight excluding hydrogens is 122 g/mol. The van der Waals surface area contributed by atoms with Crippen molar-refractivity contribution in [2.75, 3.05) is 6.54 Å². The van der Waals surface area contributed by atoms with Crippen LogP contribution in [-0.4, -0.2) is 6.54 Å². The van der Waals surface area contributed by atoms with E-state index in [1.165, 1.54) is 16.7 Å². The van der Waals surface area contributed by atoms with Crippen LogP contribution < -0.4 is 5.73 Å². The second-order valence-electron chi connectivity index (χ2n) is 2.39. The van der Waals surface area contributed by atoms with E-state index in [2.05, 4.69) is 25.1 Å². The Kier molecular flexibility index (Phi) is 2.07. The zero-order valence-electron chi connectivity index (χ0n) is 6.52. The Hall–Kier alpha value is -0.820.